The van der Waals surface area contributed by atoms with E-state index in [1.54, 1.807) is 62.6 Å². The van der Waals surface area contributed by atoms with Crippen LogP contribution in [0.4, 0.5) is 11.4 Å². The number of nitrogens with zero attached hydrogens (tertiary/aromatic N) is 1. The van der Waals surface area contributed by atoms with Gasteiger partial charge in [-0.2, -0.15) is 0 Å². The molecule has 0 saturated heterocycles. The van der Waals surface area contributed by atoms with Gasteiger partial charge in [0, 0.05) is 43.5 Å². The molecule has 24 heavy (non-hydrogen) atoms. The summed E-state index contributed by atoms with van der Waals surface area (Å²) in [6.45, 7) is 1.42. The molecule has 2 aromatic carbocycles. The van der Waals surface area contributed by atoms with E-state index in [4.69, 9.17) is 0 Å². The van der Waals surface area contributed by atoms with Gasteiger partial charge < -0.3 is 15.5 Å². The van der Waals surface area contributed by atoms with Gasteiger partial charge in [0.05, 0.1) is 0 Å². The minimum Gasteiger partial charge on any atom is -0.345 e. The van der Waals surface area contributed by atoms with E-state index in [0.717, 1.165) is 0 Å². The van der Waals surface area contributed by atoms with E-state index in [2.05, 4.69) is 10.6 Å². The van der Waals surface area contributed by atoms with Crippen LogP contribution in [0.5, 0.6) is 0 Å². The third-order valence-corrected chi connectivity index (χ3v) is 3.24. The topological polar surface area (TPSA) is 78.5 Å². The molecular formula is C18H19N3O3. The summed E-state index contributed by atoms with van der Waals surface area (Å²) in [5.74, 6) is -0.598. The van der Waals surface area contributed by atoms with Gasteiger partial charge in [0.2, 0.25) is 5.91 Å². The van der Waals surface area contributed by atoms with Crippen molar-refractivity contribution in [1.29, 1.82) is 0 Å². The number of carbonyl (C=O) groups excluding carboxylic acids is 3. The molecule has 0 fully saturated rings. The number of amides is 3. The van der Waals surface area contributed by atoms with Gasteiger partial charge in [-0.3, -0.25) is 14.4 Å². The molecule has 0 atom stereocenters. The molecule has 6 nitrogen and oxygen atoms in total. The Labute approximate surface area is 140 Å². The molecule has 0 spiro atoms. The summed E-state index contributed by atoms with van der Waals surface area (Å²) in [6.07, 6.45) is 0. The van der Waals surface area contributed by atoms with Crippen molar-refractivity contribution < 1.29 is 14.4 Å². The first kappa shape index (κ1) is 17.2. The van der Waals surface area contributed by atoms with Crippen LogP contribution in [0.1, 0.15) is 27.6 Å². The van der Waals surface area contributed by atoms with Crippen molar-refractivity contribution in [3.63, 3.8) is 0 Å². The molecule has 0 aliphatic heterocycles. The van der Waals surface area contributed by atoms with E-state index >= 15 is 0 Å². The fraction of sp³-hybridized carbons (Fsp3) is 0.167. The lowest BCUT2D eigenvalue weighted by atomic mass is 10.1. The largest absolute Gasteiger partial charge is 0.345 e. The van der Waals surface area contributed by atoms with E-state index in [1.165, 1.54) is 11.8 Å². The second-order valence-electron chi connectivity index (χ2n) is 5.49. The smallest absolute Gasteiger partial charge is 0.255 e. The van der Waals surface area contributed by atoms with Crippen molar-refractivity contribution in [3.8, 4) is 0 Å². The standard InChI is InChI=1S/C18H19N3O3/c1-12(22)19-15-9-7-13(8-10-15)17(23)20-16-6-4-5-14(11-16)18(24)21(2)3/h4-11H,1-3H3,(H,19,22)(H,20,23). The fourth-order valence-electron chi connectivity index (χ4n) is 2.10. The van der Waals surface area contributed by atoms with Crippen LogP contribution in [0.2, 0.25) is 0 Å². The number of rotatable bonds is 4. The van der Waals surface area contributed by atoms with E-state index in [9.17, 15) is 14.4 Å². The summed E-state index contributed by atoms with van der Waals surface area (Å²) in [5, 5.41) is 5.39. The van der Waals surface area contributed by atoms with E-state index in [1.807, 2.05) is 0 Å². The molecule has 124 valence electrons. The first-order chi connectivity index (χ1) is 11.4. The number of carbonyl (C=O) groups is 3. The average Bonchev–Trinajstić information content (AvgIpc) is 2.54. The van der Waals surface area contributed by atoms with Gasteiger partial charge in [-0.1, -0.05) is 6.07 Å². The summed E-state index contributed by atoms with van der Waals surface area (Å²) in [7, 11) is 3.34. The van der Waals surface area contributed by atoms with Gasteiger partial charge in [-0.05, 0) is 42.5 Å². The Morgan fingerprint density at radius 1 is 0.833 bits per heavy atom. The lowest BCUT2D eigenvalue weighted by molar-refractivity contribution is -0.114. The zero-order valence-corrected chi connectivity index (χ0v) is 13.8. The highest BCUT2D eigenvalue weighted by atomic mass is 16.2. The van der Waals surface area contributed by atoms with Crippen molar-refractivity contribution in [3.05, 3.63) is 59.7 Å². The maximum absolute atomic E-state index is 12.3. The van der Waals surface area contributed by atoms with Crippen LogP contribution in [-0.2, 0) is 4.79 Å². The third-order valence-electron chi connectivity index (χ3n) is 3.24. The highest BCUT2D eigenvalue weighted by molar-refractivity contribution is 6.05. The molecule has 0 aliphatic carbocycles. The highest BCUT2D eigenvalue weighted by Gasteiger charge is 2.10. The molecule has 3 amide bonds. The van der Waals surface area contributed by atoms with Gasteiger partial charge in [-0.25, -0.2) is 0 Å². The Hall–Kier alpha value is -3.15. The van der Waals surface area contributed by atoms with E-state index in [-0.39, 0.29) is 17.7 Å². The maximum atomic E-state index is 12.3. The maximum Gasteiger partial charge on any atom is 0.255 e. The summed E-state index contributed by atoms with van der Waals surface area (Å²) in [6, 6.07) is 13.3. The SMILES string of the molecule is CC(=O)Nc1ccc(C(=O)Nc2cccc(C(=O)N(C)C)c2)cc1. The lowest BCUT2D eigenvalue weighted by Crippen LogP contribution is -2.22. The first-order valence-electron chi connectivity index (χ1n) is 7.37. The Kier molecular flexibility index (Phi) is 5.31. The van der Waals surface area contributed by atoms with Crippen molar-refractivity contribution in [2.24, 2.45) is 0 Å². The molecule has 0 bridgehead atoms. The van der Waals surface area contributed by atoms with Gasteiger partial charge in [0.1, 0.15) is 0 Å². The molecule has 6 heteroatoms. The summed E-state index contributed by atoms with van der Waals surface area (Å²) >= 11 is 0. The number of benzene rings is 2. The Morgan fingerprint density at radius 3 is 2.08 bits per heavy atom. The van der Waals surface area contributed by atoms with Crippen LogP contribution in [0, 0.1) is 0 Å². The highest BCUT2D eigenvalue weighted by Crippen LogP contribution is 2.15. The molecule has 2 aromatic rings. The van der Waals surface area contributed by atoms with E-state index < -0.39 is 0 Å². The molecule has 0 unspecified atom stereocenters. The molecule has 2 rings (SSSR count). The molecule has 0 aromatic heterocycles. The summed E-state index contributed by atoms with van der Waals surface area (Å²) in [5.41, 5.74) is 2.11. The normalized spacial score (nSPS) is 9.96. The fourth-order valence-corrected chi connectivity index (χ4v) is 2.10. The van der Waals surface area contributed by atoms with Gasteiger partial charge in [0.25, 0.3) is 11.8 Å². The number of hydrogen-bond donors (Lipinski definition) is 2. The summed E-state index contributed by atoms with van der Waals surface area (Å²) in [4.78, 5) is 36.7. The minimum atomic E-state index is -0.293. The Morgan fingerprint density at radius 2 is 1.50 bits per heavy atom. The van der Waals surface area contributed by atoms with E-state index in [0.29, 0.717) is 22.5 Å². The quantitative estimate of drug-likeness (QED) is 0.907. The molecule has 2 N–H and O–H groups in total. The van der Waals surface area contributed by atoms with Crippen molar-refractivity contribution in [2.75, 3.05) is 24.7 Å². The van der Waals surface area contributed by atoms with Gasteiger partial charge >= 0.3 is 0 Å². The number of nitrogens with one attached hydrogen (secondary N) is 2. The number of hydrogen-bond acceptors (Lipinski definition) is 3. The molecule has 0 heterocycles. The molecular weight excluding hydrogens is 306 g/mol. The zero-order chi connectivity index (χ0) is 17.7. The second kappa shape index (κ2) is 7.41. The predicted molar refractivity (Wildman–Crippen MR) is 93.2 cm³/mol. The van der Waals surface area contributed by atoms with Crippen LogP contribution in [-0.4, -0.2) is 36.7 Å². The molecule has 0 aliphatic rings. The Bertz CT molecular complexity index is 767. The third kappa shape index (κ3) is 4.42. The lowest BCUT2D eigenvalue weighted by Gasteiger charge is -2.12. The van der Waals surface area contributed by atoms with Crippen LogP contribution >= 0.6 is 0 Å². The molecule has 0 saturated carbocycles. The monoisotopic (exact) mass is 325 g/mol. The predicted octanol–water partition coefficient (Wildman–Crippen LogP) is 2.60. The van der Waals surface area contributed by atoms with Crippen molar-refractivity contribution in [2.45, 2.75) is 6.92 Å². The Balaban J connectivity index is 2.10. The van der Waals surface area contributed by atoms with Crippen LogP contribution in [0.15, 0.2) is 48.5 Å². The van der Waals surface area contributed by atoms with Crippen LogP contribution in [0.3, 0.4) is 0 Å². The number of anilines is 2. The van der Waals surface area contributed by atoms with Gasteiger partial charge in [0.15, 0.2) is 0 Å². The second-order valence-corrected chi connectivity index (χ2v) is 5.49. The van der Waals surface area contributed by atoms with Crippen LogP contribution in [0.25, 0.3) is 0 Å². The van der Waals surface area contributed by atoms with Crippen LogP contribution < -0.4 is 10.6 Å². The van der Waals surface area contributed by atoms with Crippen molar-refractivity contribution in [1.82, 2.24) is 4.90 Å². The van der Waals surface area contributed by atoms with Crippen molar-refractivity contribution >= 4 is 29.1 Å². The summed E-state index contributed by atoms with van der Waals surface area (Å²) < 4.78 is 0. The zero-order valence-electron chi connectivity index (χ0n) is 13.8. The minimum absolute atomic E-state index is 0.134. The molecule has 0 radical (unpaired) electrons. The average molecular weight is 325 g/mol. The van der Waals surface area contributed by atoms with Gasteiger partial charge in [-0.15, -0.1) is 0 Å². The first-order valence-corrected chi connectivity index (χ1v) is 7.37.